The third-order valence-corrected chi connectivity index (χ3v) is 2.14. The summed E-state index contributed by atoms with van der Waals surface area (Å²) in [5.41, 5.74) is 0.956. The molecule has 0 spiro atoms. The van der Waals surface area contributed by atoms with Crippen molar-refractivity contribution in [1.29, 1.82) is 0 Å². The van der Waals surface area contributed by atoms with Crippen molar-refractivity contribution >= 4 is 6.29 Å². The number of hydrogen-bond donors (Lipinski definition) is 0. The van der Waals surface area contributed by atoms with E-state index in [0.29, 0.717) is 5.76 Å². The Kier molecular flexibility index (Phi) is 2.45. The zero-order valence-electron chi connectivity index (χ0n) is 7.59. The first-order valence-corrected chi connectivity index (χ1v) is 4.45. The van der Waals surface area contributed by atoms with Gasteiger partial charge in [0.25, 0.3) is 0 Å². The molecule has 1 aromatic carbocycles. The largest absolute Gasteiger partial charge is 0.468 e. The van der Waals surface area contributed by atoms with Crippen LogP contribution in [0, 0.1) is 0 Å². The minimum atomic E-state index is -0.286. The second-order valence-electron chi connectivity index (χ2n) is 3.04. The summed E-state index contributed by atoms with van der Waals surface area (Å²) in [5, 5.41) is 0. The number of rotatable bonds is 3. The van der Waals surface area contributed by atoms with Gasteiger partial charge in [-0.25, -0.2) is 0 Å². The molecule has 0 saturated heterocycles. The van der Waals surface area contributed by atoms with E-state index >= 15 is 0 Å². The van der Waals surface area contributed by atoms with Crippen molar-refractivity contribution in [3.8, 4) is 0 Å². The summed E-state index contributed by atoms with van der Waals surface area (Å²) in [6.45, 7) is 0. The van der Waals surface area contributed by atoms with Gasteiger partial charge in [0, 0.05) is 0 Å². The van der Waals surface area contributed by atoms with E-state index in [1.807, 2.05) is 36.4 Å². The molecule has 0 amide bonds. The number of carbonyl (C=O) groups excluding carboxylic acids is 1. The van der Waals surface area contributed by atoms with Crippen molar-refractivity contribution in [2.75, 3.05) is 0 Å². The van der Waals surface area contributed by atoms with Crippen molar-refractivity contribution in [3.63, 3.8) is 0 Å². The fourth-order valence-electron chi connectivity index (χ4n) is 1.44. The molecule has 0 aliphatic heterocycles. The molecule has 2 heteroatoms. The zero-order valence-corrected chi connectivity index (χ0v) is 7.59. The van der Waals surface area contributed by atoms with Crippen molar-refractivity contribution in [2.45, 2.75) is 5.92 Å². The summed E-state index contributed by atoms with van der Waals surface area (Å²) >= 11 is 0. The number of benzene rings is 1. The van der Waals surface area contributed by atoms with Gasteiger partial charge in [0.2, 0.25) is 0 Å². The Labute approximate surface area is 82.2 Å². The van der Waals surface area contributed by atoms with Gasteiger partial charge in [-0.3, -0.25) is 0 Å². The molecule has 70 valence electrons. The van der Waals surface area contributed by atoms with Crippen molar-refractivity contribution in [2.24, 2.45) is 0 Å². The van der Waals surface area contributed by atoms with Gasteiger partial charge in [-0.05, 0) is 17.7 Å². The highest BCUT2D eigenvalue weighted by atomic mass is 16.3. The maximum Gasteiger partial charge on any atom is 0.135 e. The van der Waals surface area contributed by atoms with Crippen LogP contribution in [-0.2, 0) is 4.79 Å². The lowest BCUT2D eigenvalue weighted by Gasteiger charge is -2.06. The highest BCUT2D eigenvalue weighted by Crippen LogP contribution is 2.22. The van der Waals surface area contributed by atoms with Gasteiger partial charge in [0.1, 0.15) is 12.0 Å². The van der Waals surface area contributed by atoms with Crippen LogP contribution in [0.2, 0.25) is 0 Å². The topological polar surface area (TPSA) is 30.2 Å². The van der Waals surface area contributed by atoms with Crippen LogP contribution in [0.15, 0.2) is 53.1 Å². The smallest absolute Gasteiger partial charge is 0.135 e. The van der Waals surface area contributed by atoms with Gasteiger partial charge in [0.05, 0.1) is 12.2 Å². The minimum Gasteiger partial charge on any atom is -0.468 e. The van der Waals surface area contributed by atoms with E-state index in [9.17, 15) is 4.79 Å². The Hall–Kier alpha value is -1.83. The molecular weight excluding hydrogens is 176 g/mol. The molecule has 1 atom stereocenters. The van der Waals surface area contributed by atoms with Crippen LogP contribution in [0.3, 0.4) is 0 Å². The van der Waals surface area contributed by atoms with Gasteiger partial charge in [-0.1, -0.05) is 30.3 Å². The first kappa shape index (κ1) is 8.75. The fraction of sp³-hybridized carbons (Fsp3) is 0.0833. The normalized spacial score (nSPS) is 12.3. The second kappa shape index (κ2) is 3.92. The number of carbonyl (C=O) groups is 1. The van der Waals surface area contributed by atoms with Crippen LogP contribution >= 0.6 is 0 Å². The lowest BCUT2D eigenvalue weighted by atomic mass is 9.98. The molecule has 0 bridgehead atoms. The fourth-order valence-corrected chi connectivity index (χ4v) is 1.44. The molecule has 1 unspecified atom stereocenters. The highest BCUT2D eigenvalue weighted by Gasteiger charge is 2.14. The molecule has 14 heavy (non-hydrogen) atoms. The summed E-state index contributed by atoms with van der Waals surface area (Å²) in [7, 11) is 0. The van der Waals surface area contributed by atoms with E-state index in [4.69, 9.17) is 4.42 Å². The first-order chi connectivity index (χ1) is 6.92. The molecular formula is C12H10O2. The lowest BCUT2D eigenvalue weighted by Crippen LogP contribution is -2.00. The molecule has 2 rings (SSSR count). The Morgan fingerprint density at radius 3 is 2.43 bits per heavy atom. The van der Waals surface area contributed by atoms with E-state index in [-0.39, 0.29) is 5.92 Å². The Balaban J connectivity index is 2.36. The molecule has 0 fully saturated rings. The molecule has 0 saturated carbocycles. The maximum absolute atomic E-state index is 10.9. The van der Waals surface area contributed by atoms with E-state index in [2.05, 4.69) is 0 Å². The summed E-state index contributed by atoms with van der Waals surface area (Å²) in [4.78, 5) is 10.9. The number of hydrogen-bond acceptors (Lipinski definition) is 2. The predicted molar refractivity (Wildman–Crippen MR) is 53.1 cm³/mol. The molecule has 0 aliphatic rings. The Bertz CT molecular complexity index is 390. The van der Waals surface area contributed by atoms with Gasteiger partial charge in [-0.15, -0.1) is 0 Å². The molecule has 0 radical (unpaired) electrons. The molecule has 1 aromatic heterocycles. The van der Waals surface area contributed by atoms with Crippen LogP contribution in [0.4, 0.5) is 0 Å². The third kappa shape index (κ3) is 1.59. The minimum absolute atomic E-state index is 0.286. The van der Waals surface area contributed by atoms with Crippen LogP contribution in [0.25, 0.3) is 0 Å². The van der Waals surface area contributed by atoms with Crippen LogP contribution in [0.5, 0.6) is 0 Å². The van der Waals surface area contributed by atoms with Crippen molar-refractivity contribution in [1.82, 2.24) is 0 Å². The molecule has 1 heterocycles. The monoisotopic (exact) mass is 186 g/mol. The lowest BCUT2D eigenvalue weighted by molar-refractivity contribution is -0.108. The SMILES string of the molecule is O=CC(c1ccccc1)c1ccco1. The van der Waals surface area contributed by atoms with Crippen LogP contribution in [0.1, 0.15) is 17.2 Å². The van der Waals surface area contributed by atoms with Gasteiger partial charge >= 0.3 is 0 Å². The van der Waals surface area contributed by atoms with Gasteiger partial charge in [-0.2, -0.15) is 0 Å². The Morgan fingerprint density at radius 1 is 1.07 bits per heavy atom. The van der Waals surface area contributed by atoms with Crippen molar-refractivity contribution < 1.29 is 9.21 Å². The summed E-state index contributed by atoms with van der Waals surface area (Å²) in [5.74, 6) is 0.400. The average molecular weight is 186 g/mol. The third-order valence-electron chi connectivity index (χ3n) is 2.14. The molecule has 2 aromatic rings. The van der Waals surface area contributed by atoms with Crippen LogP contribution in [-0.4, -0.2) is 6.29 Å². The number of furan rings is 1. The van der Waals surface area contributed by atoms with E-state index in [0.717, 1.165) is 11.8 Å². The Morgan fingerprint density at radius 2 is 1.86 bits per heavy atom. The predicted octanol–water partition coefficient (Wildman–Crippen LogP) is 2.61. The van der Waals surface area contributed by atoms with E-state index in [1.54, 1.807) is 12.3 Å². The summed E-state index contributed by atoms with van der Waals surface area (Å²) < 4.78 is 5.21. The van der Waals surface area contributed by atoms with E-state index in [1.165, 1.54) is 0 Å². The second-order valence-corrected chi connectivity index (χ2v) is 3.04. The van der Waals surface area contributed by atoms with Crippen LogP contribution < -0.4 is 0 Å². The maximum atomic E-state index is 10.9. The zero-order chi connectivity index (χ0) is 9.80. The van der Waals surface area contributed by atoms with Gasteiger partial charge < -0.3 is 9.21 Å². The van der Waals surface area contributed by atoms with E-state index < -0.39 is 0 Å². The molecule has 2 nitrogen and oxygen atoms in total. The average Bonchev–Trinajstić information content (AvgIpc) is 2.74. The molecule has 0 N–H and O–H groups in total. The quantitative estimate of drug-likeness (QED) is 0.690. The van der Waals surface area contributed by atoms with Gasteiger partial charge in [0.15, 0.2) is 0 Å². The first-order valence-electron chi connectivity index (χ1n) is 4.45. The summed E-state index contributed by atoms with van der Waals surface area (Å²) in [6, 6.07) is 13.2. The van der Waals surface area contributed by atoms with Crippen molar-refractivity contribution in [3.05, 3.63) is 60.1 Å². The summed E-state index contributed by atoms with van der Waals surface area (Å²) in [6.07, 6.45) is 2.48. The number of aldehydes is 1. The highest BCUT2D eigenvalue weighted by molar-refractivity contribution is 5.66. The standard InChI is InChI=1S/C12H10O2/c13-9-11(12-7-4-8-14-12)10-5-2-1-3-6-10/h1-9,11H. The molecule has 0 aliphatic carbocycles.